The fourth-order valence-electron chi connectivity index (χ4n) is 5.07. The molecule has 4 aromatic rings. The maximum atomic E-state index is 13.9. The van der Waals surface area contributed by atoms with E-state index in [2.05, 4.69) is 18.4 Å². The Morgan fingerprint density at radius 2 is 2.00 bits per heavy atom. The molecule has 168 valence electrons. The molecule has 1 saturated carbocycles. The predicted octanol–water partition coefficient (Wildman–Crippen LogP) is 6.89. The van der Waals surface area contributed by atoms with Gasteiger partial charge in [-0.25, -0.2) is 4.98 Å². The first-order valence-corrected chi connectivity index (χ1v) is 13.5. The van der Waals surface area contributed by atoms with Crippen LogP contribution in [0.4, 0.5) is 0 Å². The Hall–Kier alpha value is -2.18. The Labute approximate surface area is 196 Å². The van der Waals surface area contributed by atoms with Crippen LogP contribution in [0.1, 0.15) is 68.1 Å². The molecule has 4 nitrogen and oxygen atoms in total. The third-order valence-corrected chi connectivity index (χ3v) is 8.80. The number of unbranched alkanes of at least 4 members (excludes halogenated alkanes) is 1. The molecule has 5 rings (SSSR count). The SMILES string of the molecule is CCCCc1ccc(O)c2sc3nc(CCC4CCCC4)n(Cc4cccs4)c(=O)c3c12. The van der Waals surface area contributed by atoms with Gasteiger partial charge in [0.05, 0.1) is 16.6 Å². The number of nitrogens with zero attached hydrogens (tertiary/aromatic N) is 2. The van der Waals surface area contributed by atoms with E-state index in [-0.39, 0.29) is 11.3 Å². The molecule has 1 N–H and O–H groups in total. The summed E-state index contributed by atoms with van der Waals surface area (Å²) < 4.78 is 2.71. The lowest BCUT2D eigenvalue weighted by atomic mass is 10.0. The van der Waals surface area contributed by atoms with Crippen LogP contribution >= 0.6 is 22.7 Å². The average molecular weight is 467 g/mol. The van der Waals surface area contributed by atoms with Crippen LogP contribution in [0.25, 0.3) is 20.3 Å². The van der Waals surface area contributed by atoms with Crippen LogP contribution in [-0.2, 0) is 19.4 Å². The van der Waals surface area contributed by atoms with E-state index in [0.717, 1.165) is 64.3 Å². The molecule has 1 fully saturated rings. The second-order valence-electron chi connectivity index (χ2n) is 9.02. The fourth-order valence-corrected chi connectivity index (χ4v) is 6.91. The Bertz CT molecular complexity index is 1280. The third kappa shape index (κ3) is 4.11. The molecule has 1 aromatic carbocycles. The molecular formula is C26H30N2O2S2. The largest absolute Gasteiger partial charge is 0.506 e. The van der Waals surface area contributed by atoms with Crippen molar-refractivity contribution in [2.75, 3.05) is 0 Å². The van der Waals surface area contributed by atoms with Crippen molar-refractivity contribution in [2.45, 2.75) is 71.3 Å². The lowest BCUT2D eigenvalue weighted by Gasteiger charge is -2.14. The van der Waals surface area contributed by atoms with Gasteiger partial charge in [0, 0.05) is 16.7 Å². The third-order valence-electron chi connectivity index (χ3n) is 6.83. The van der Waals surface area contributed by atoms with Gasteiger partial charge in [-0.3, -0.25) is 9.36 Å². The van der Waals surface area contributed by atoms with Gasteiger partial charge in [0.15, 0.2) is 0 Å². The van der Waals surface area contributed by atoms with Crippen molar-refractivity contribution in [3.8, 4) is 5.75 Å². The molecule has 0 aliphatic heterocycles. The van der Waals surface area contributed by atoms with Gasteiger partial charge < -0.3 is 5.11 Å². The summed E-state index contributed by atoms with van der Waals surface area (Å²) in [7, 11) is 0. The zero-order valence-electron chi connectivity index (χ0n) is 18.6. The molecule has 6 heteroatoms. The van der Waals surface area contributed by atoms with Gasteiger partial charge in [0.1, 0.15) is 16.4 Å². The summed E-state index contributed by atoms with van der Waals surface area (Å²) in [6.45, 7) is 2.75. The molecule has 32 heavy (non-hydrogen) atoms. The number of phenols is 1. The molecule has 0 bridgehead atoms. The van der Waals surface area contributed by atoms with E-state index >= 15 is 0 Å². The number of aromatic nitrogens is 2. The van der Waals surface area contributed by atoms with E-state index in [1.165, 1.54) is 41.9 Å². The van der Waals surface area contributed by atoms with E-state index in [1.54, 1.807) is 17.4 Å². The lowest BCUT2D eigenvalue weighted by Crippen LogP contribution is -2.25. The van der Waals surface area contributed by atoms with Gasteiger partial charge in [0.2, 0.25) is 0 Å². The molecule has 3 heterocycles. The second-order valence-corrected chi connectivity index (χ2v) is 11.1. The van der Waals surface area contributed by atoms with Crippen molar-refractivity contribution in [3.63, 3.8) is 0 Å². The van der Waals surface area contributed by atoms with E-state index in [1.807, 2.05) is 16.7 Å². The summed E-state index contributed by atoms with van der Waals surface area (Å²) in [4.78, 5) is 20.9. The molecular weight excluding hydrogens is 436 g/mol. The van der Waals surface area contributed by atoms with Gasteiger partial charge in [-0.2, -0.15) is 0 Å². The Morgan fingerprint density at radius 1 is 1.16 bits per heavy atom. The Morgan fingerprint density at radius 3 is 2.75 bits per heavy atom. The minimum atomic E-state index is 0.0411. The van der Waals surface area contributed by atoms with Crippen molar-refractivity contribution in [1.82, 2.24) is 9.55 Å². The number of fused-ring (bicyclic) bond motifs is 3. The number of phenolic OH excluding ortho intramolecular Hbond substituents is 1. The summed E-state index contributed by atoms with van der Waals surface area (Å²) in [5.74, 6) is 1.90. The minimum Gasteiger partial charge on any atom is -0.506 e. The monoisotopic (exact) mass is 466 g/mol. The standard InChI is InChI=1S/C26H30N2O2S2/c1-2-3-9-18-12-13-20(29)24-22(18)23-25(32-24)27-21(14-11-17-7-4-5-8-17)28(26(23)30)16-19-10-6-15-31-19/h6,10,12-13,15,17,29H,2-5,7-9,11,14,16H2,1H3. The number of benzene rings is 1. The van der Waals surface area contributed by atoms with E-state index in [9.17, 15) is 9.90 Å². The van der Waals surface area contributed by atoms with Crippen LogP contribution in [0, 0.1) is 5.92 Å². The molecule has 0 unspecified atom stereocenters. The molecule has 0 spiro atoms. The van der Waals surface area contributed by atoms with E-state index in [4.69, 9.17) is 4.98 Å². The number of thiophene rings is 2. The fraction of sp³-hybridized carbons (Fsp3) is 0.462. The summed E-state index contributed by atoms with van der Waals surface area (Å²) >= 11 is 3.15. The van der Waals surface area contributed by atoms with Gasteiger partial charge in [-0.1, -0.05) is 51.2 Å². The molecule has 0 saturated heterocycles. The van der Waals surface area contributed by atoms with E-state index in [0.29, 0.717) is 11.9 Å². The highest BCUT2D eigenvalue weighted by Gasteiger charge is 2.22. The first kappa shape index (κ1) is 21.7. The van der Waals surface area contributed by atoms with Crippen molar-refractivity contribution >= 4 is 43.0 Å². The quantitative estimate of drug-likeness (QED) is 0.307. The molecule has 3 aromatic heterocycles. The zero-order valence-corrected chi connectivity index (χ0v) is 20.2. The summed E-state index contributed by atoms with van der Waals surface area (Å²) in [6, 6.07) is 7.88. The smallest absolute Gasteiger partial charge is 0.263 e. The predicted molar refractivity (Wildman–Crippen MR) is 135 cm³/mol. The summed E-state index contributed by atoms with van der Waals surface area (Å²) in [5.41, 5.74) is 1.19. The van der Waals surface area contributed by atoms with Crippen molar-refractivity contribution < 1.29 is 5.11 Å². The minimum absolute atomic E-state index is 0.0411. The molecule has 0 amide bonds. The first-order chi connectivity index (χ1) is 15.7. The molecule has 0 atom stereocenters. The number of rotatable bonds is 8. The van der Waals surface area contributed by atoms with Gasteiger partial charge in [-0.05, 0) is 48.3 Å². The zero-order chi connectivity index (χ0) is 22.1. The first-order valence-electron chi connectivity index (χ1n) is 11.8. The number of aryl methyl sites for hydroxylation is 2. The summed E-state index contributed by atoms with van der Waals surface area (Å²) in [5, 5.41) is 14.2. The maximum absolute atomic E-state index is 13.9. The van der Waals surface area contributed by atoms with Crippen LogP contribution in [-0.4, -0.2) is 14.7 Å². The van der Waals surface area contributed by atoms with Crippen molar-refractivity contribution in [3.05, 3.63) is 56.3 Å². The molecule has 1 aliphatic carbocycles. The van der Waals surface area contributed by atoms with Gasteiger partial charge in [-0.15, -0.1) is 22.7 Å². The van der Waals surface area contributed by atoms with Gasteiger partial charge >= 0.3 is 0 Å². The number of aromatic hydroxyl groups is 1. The Balaban J connectivity index is 1.67. The lowest BCUT2D eigenvalue weighted by molar-refractivity contribution is 0.482. The Kier molecular flexibility index (Phi) is 6.33. The molecule has 1 aliphatic rings. The van der Waals surface area contributed by atoms with Crippen LogP contribution < -0.4 is 5.56 Å². The van der Waals surface area contributed by atoms with Crippen LogP contribution in [0.3, 0.4) is 0 Å². The highest BCUT2D eigenvalue weighted by molar-refractivity contribution is 7.25. The second kappa shape index (κ2) is 9.36. The topological polar surface area (TPSA) is 55.1 Å². The highest BCUT2D eigenvalue weighted by Crippen LogP contribution is 2.39. The number of hydrogen-bond donors (Lipinski definition) is 1. The molecule has 0 radical (unpaired) electrons. The summed E-state index contributed by atoms with van der Waals surface area (Å²) in [6.07, 6.45) is 10.3. The maximum Gasteiger partial charge on any atom is 0.263 e. The van der Waals surface area contributed by atoms with Crippen molar-refractivity contribution in [2.24, 2.45) is 5.92 Å². The van der Waals surface area contributed by atoms with Crippen molar-refractivity contribution in [1.29, 1.82) is 0 Å². The van der Waals surface area contributed by atoms with Crippen LogP contribution in [0.5, 0.6) is 5.75 Å². The van der Waals surface area contributed by atoms with Crippen LogP contribution in [0.2, 0.25) is 0 Å². The average Bonchev–Trinajstić information content (AvgIpc) is 3.55. The van der Waals surface area contributed by atoms with Crippen LogP contribution in [0.15, 0.2) is 34.4 Å². The van der Waals surface area contributed by atoms with E-state index < -0.39 is 0 Å². The highest BCUT2D eigenvalue weighted by atomic mass is 32.1. The number of hydrogen-bond acceptors (Lipinski definition) is 5. The normalized spacial score (nSPS) is 14.8. The van der Waals surface area contributed by atoms with Gasteiger partial charge in [0.25, 0.3) is 5.56 Å².